The molecule has 2 heteroatoms. The third-order valence-electron chi connectivity index (χ3n) is 2.89. The summed E-state index contributed by atoms with van der Waals surface area (Å²) in [6, 6.07) is 8.88. The van der Waals surface area contributed by atoms with Crippen LogP contribution in [0.2, 0.25) is 0 Å². The van der Waals surface area contributed by atoms with Gasteiger partial charge < -0.3 is 10.3 Å². The van der Waals surface area contributed by atoms with Crippen LogP contribution >= 0.6 is 0 Å². The zero-order chi connectivity index (χ0) is 10.8. The summed E-state index contributed by atoms with van der Waals surface area (Å²) in [6.45, 7) is 7.50. The number of aryl methyl sites for hydroxylation is 1. The Hall–Kier alpha value is -1.28. The van der Waals surface area contributed by atoms with Gasteiger partial charge in [-0.05, 0) is 32.0 Å². The molecule has 1 aromatic carbocycles. The van der Waals surface area contributed by atoms with Gasteiger partial charge in [0.05, 0.1) is 0 Å². The Kier molecular flexibility index (Phi) is 2.78. The van der Waals surface area contributed by atoms with Crippen molar-refractivity contribution in [2.75, 3.05) is 6.54 Å². The van der Waals surface area contributed by atoms with Gasteiger partial charge in [0.25, 0.3) is 0 Å². The van der Waals surface area contributed by atoms with E-state index in [2.05, 4.69) is 55.3 Å². The Balaban J connectivity index is 2.53. The van der Waals surface area contributed by atoms with E-state index in [-0.39, 0.29) is 0 Å². The van der Waals surface area contributed by atoms with E-state index in [1.165, 1.54) is 22.2 Å². The highest BCUT2D eigenvalue weighted by atomic mass is 14.9. The highest BCUT2D eigenvalue weighted by Gasteiger charge is 2.13. The van der Waals surface area contributed by atoms with Crippen LogP contribution in [0.25, 0.3) is 10.9 Å². The molecule has 1 unspecified atom stereocenters. The van der Waals surface area contributed by atoms with Crippen LogP contribution in [0.5, 0.6) is 0 Å². The van der Waals surface area contributed by atoms with E-state index < -0.39 is 0 Å². The molecule has 0 saturated carbocycles. The highest BCUT2D eigenvalue weighted by molar-refractivity contribution is 5.85. The second kappa shape index (κ2) is 4.07. The lowest BCUT2D eigenvalue weighted by Gasteiger charge is -2.12. The van der Waals surface area contributed by atoms with Crippen LogP contribution < -0.4 is 5.32 Å². The van der Waals surface area contributed by atoms with Gasteiger partial charge in [0.15, 0.2) is 0 Å². The molecule has 0 aliphatic heterocycles. The minimum Gasteiger partial charge on any atom is -0.358 e. The van der Waals surface area contributed by atoms with Gasteiger partial charge in [-0.3, -0.25) is 0 Å². The molecule has 15 heavy (non-hydrogen) atoms. The second-order valence-corrected chi connectivity index (χ2v) is 3.99. The van der Waals surface area contributed by atoms with E-state index in [0.717, 1.165) is 6.54 Å². The molecule has 0 radical (unpaired) electrons. The monoisotopic (exact) mass is 202 g/mol. The van der Waals surface area contributed by atoms with Crippen LogP contribution in [0.1, 0.15) is 31.1 Å². The molecular formula is C13H18N2. The summed E-state index contributed by atoms with van der Waals surface area (Å²) in [7, 11) is 0. The zero-order valence-electron chi connectivity index (χ0n) is 9.59. The van der Waals surface area contributed by atoms with Crippen molar-refractivity contribution in [3.05, 3.63) is 35.5 Å². The lowest BCUT2D eigenvalue weighted by Crippen LogP contribution is -2.18. The van der Waals surface area contributed by atoms with Crippen molar-refractivity contribution in [1.29, 1.82) is 0 Å². The molecule has 1 heterocycles. The largest absolute Gasteiger partial charge is 0.358 e. The molecule has 2 aromatic rings. The minimum atomic E-state index is 0.408. The molecule has 0 aliphatic carbocycles. The second-order valence-electron chi connectivity index (χ2n) is 3.99. The Bertz CT molecular complexity index is 457. The number of hydrogen-bond acceptors (Lipinski definition) is 1. The van der Waals surface area contributed by atoms with Crippen molar-refractivity contribution >= 4 is 10.9 Å². The fraction of sp³-hybridized carbons (Fsp3) is 0.385. The van der Waals surface area contributed by atoms with E-state index in [9.17, 15) is 0 Å². The van der Waals surface area contributed by atoms with Gasteiger partial charge in [-0.1, -0.05) is 25.1 Å². The third kappa shape index (κ3) is 1.77. The van der Waals surface area contributed by atoms with Crippen molar-refractivity contribution in [3.63, 3.8) is 0 Å². The van der Waals surface area contributed by atoms with Gasteiger partial charge in [-0.15, -0.1) is 0 Å². The molecule has 2 rings (SSSR count). The number of hydrogen-bond donors (Lipinski definition) is 2. The van der Waals surface area contributed by atoms with E-state index in [1.54, 1.807) is 0 Å². The molecule has 2 nitrogen and oxygen atoms in total. The van der Waals surface area contributed by atoms with Crippen molar-refractivity contribution in [3.8, 4) is 0 Å². The first kappa shape index (κ1) is 10.2. The quantitative estimate of drug-likeness (QED) is 0.786. The molecule has 0 saturated heterocycles. The predicted molar refractivity (Wildman–Crippen MR) is 65.1 cm³/mol. The van der Waals surface area contributed by atoms with Crippen LogP contribution in [0.3, 0.4) is 0 Å². The predicted octanol–water partition coefficient (Wildman–Crippen LogP) is 3.15. The SMILES string of the molecule is CCNC(C)c1c(C)[nH]c2ccccc12. The van der Waals surface area contributed by atoms with E-state index in [4.69, 9.17) is 0 Å². The molecule has 2 N–H and O–H groups in total. The fourth-order valence-electron chi connectivity index (χ4n) is 2.26. The number of benzene rings is 1. The van der Waals surface area contributed by atoms with Crippen molar-refractivity contribution < 1.29 is 0 Å². The molecule has 0 aliphatic rings. The van der Waals surface area contributed by atoms with Crippen LogP contribution in [-0.2, 0) is 0 Å². The Labute approximate surface area is 90.7 Å². The van der Waals surface area contributed by atoms with Gasteiger partial charge in [0, 0.05) is 22.6 Å². The number of fused-ring (bicyclic) bond motifs is 1. The summed E-state index contributed by atoms with van der Waals surface area (Å²) in [5.41, 5.74) is 3.90. The molecular weight excluding hydrogens is 184 g/mol. The Morgan fingerprint density at radius 3 is 2.80 bits per heavy atom. The summed E-state index contributed by atoms with van der Waals surface area (Å²) in [5, 5.41) is 4.80. The molecule has 0 bridgehead atoms. The maximum atomic E-state index is 3.46. The van der Waals surface area contributed by atoms with E-state index >= 15 is 0 Å². The highest BCUT2D eigenvalue weighted by Crippen LogP contribution is 2.27. The molecule has 0 fully saturated rings. The number of nitrogens with one attached hydrogen (secondary N) is 2. The molecule has 80 valence electrons. The number of para-hydroxylation sites is 1. The first-order chi connectivity index (χ1) is 7.24. The molecule has 1 atom stereocenters. The summed E-state index contributed by atoms with van der Waals surface area (Å²) < 4.78 is 0. The standard InChI is InChI=1S/C13H18N2/c1-4-14-9(2)13-10(3)15-12-8-6-5-7-11(12)13/h5-9,14-15H,4H2,1-3H3. The van der Waals surface area contributed by atoms with Gasteiger partial charge in [0.2, 0.25) is 0 Å². The van der Waals surface area contributed by atoms with Crippen molar-refractivity contribution in [1.82, 2.24) is 10.3 Å². The summed E-state index contributed by atoms with van der Waals surface area (Å²) >= 11 is 0. The maximum absolute atomic E-state index is 3.46. The minimum absolute atomic E-state index is 0.408. The van der Waals surface area contributed by atoms with E-state index in [0.29, 0.717) is 6.04 Å². The number of aromatic nitrogens is 1. The lowest BCUT2D eigenvalue weighted by atomic mass is 10.0. The van der Waals surface area contributed by atoms with Crippen LogP contribution in [0.15, 0.2) is 24.3 Å². The van der Waals surface area contributed by atoms with Gasteiger partial charge in [-0.2, -0.15) is 0 Å². The van der Waals surface area contributed by atoms with Crippen molar-refractivity contribution in [2.24, 2.45) is 0 Å². The number of aromatic amines is 1. The van der Waals surface area contributed by atoms with Crippen molar-refractivity contribution in [2.45, 2.75) is 26.8 Å². The first-order valence-corrected chi connectivity index (χ1v) is 5.54. The third-order valence-corrected chi connectivity index (χ3v) is 2.89. The average molecular weight is 202 g/mol. The Morgan fingerprint density at radius 1 is 1.33 bits per heavy atom. The van der Waals surface area contributed by atoms with Gasteiger partial charge in [0.1, 0.15) is 0 Å². The smallest absolute Gasteiger partial charge is 0.0459 e. The molecule has 1 aromatic heterocycles. The fourth-order valence-corrected chi connectivity index (χ4v) is 2.26. The topological polar surface area (TPSA) is 27.8 Å². The van der Waals surface area contributed by atoms with Crippen LogP contribution in [-0.4, -0.2) is 11.5 Å². The number of rotatable bonds is 3. The van der Waals surface area contributed by atoms with E-state index in [1.807, 2.05) is 0 Å². The first-order valence-electron chi connectivity index (χ1n) is 5.54. The average Bonchev–Trinajstić information content (AvgIpc) is 2.54. The van der Waals surface area contributed by atoms with Gasteiger partial charge >= 0.3 is 0 Å². The maximum Gasteiger partial charge on any atom is 0.0459 e. The molecule has 0 amide bonds. The summed E-state index contributed by atoms with van der Waals surface area (Å²) in [6.07, 6.45) is 0. The van der Waals surface area contributed by atoms with Gasteiger partial charge in [-0.25, -0.2) is 0 Å². The Morgan fingerprint density at radius 2 is 2.07 bits per heavy atom. The number of H-pyrrole nitrogens is 1. The summed E-state index contributed by atoms with van der Waals surface area (Å²) in [4.78, 5) is 3.43. The zero-order valence-corrected chi connectivity index (χ0v) is 9.59. The van der Waals surface area contributed by atoms with Crippen LogP contribution in [0.4, 0.5) is 0 Å². The van der Waals surface area contributed by atoms with Crippen LogP contribution in [0, 0.1) is 6.92 Å². The lowest BCUT2D eigenvalue weighted by molar-refractivity contribution is 0.599. The molecule has 0 spiro atoms. The normalized spacial score (nSPS) is 13.3. The summed E-state index contributed by atoms with van der Waals surface area (Å²) in [5.74, 6) is 0.